The van der Waals surface area contributed by atoms with Crippen LogP contribution in [0.1, 0.15) is 32.4 Å². The van der Waals surface area contributed by atoms with E-state index in [2.05, 4.69) is 21.9 Å². The summed E-state index contributed by atoms with van der Waals surface area (Å²) >= 11 is 0. The summed E-state index contributed by atoms with van der Waals surface area (Å²) in [6.07, 6.45) is 4.28. The van der Waals surface area contributed by atoms with Gasteiger partial charge in [-0.05, 0) is 26.2 Å². The van der Waals surface area contributed by atoms with Crippen LogP contribution in [0.2, 0.25) is 0 Å². The van der Waals surface area contributed by atoms with Gasteiger partial charge in [-0.2, -0.15) is 9.97 Å². The molecule has 3 atom stereocenters. The van der Waals surface area contributed by atoms with E-state index in [0.29, 0.717) is 23.0 Å². The van der Waals surface area contributed by atoms with E-state index in [0.717, 1.165) is 19.3 Å². The first-order valence-corrected chi connectivity index (χ1v) is 7.44. The number of nitrogens with two attached hydrogens (primary N) is 1. The van der Waals surface area contributed by atoms with E-state index in [4.69, 9.17) is 20.3 Å². The summed E-state index contributed by atoms with van der Waals surface area (Å²) in [5.41, 5.74) is 6.93. The van der Waals surface area contributed by atoms with Crippen LogP contribution < -0.4 is 10.5 Å². The molecular weight excluding hydrogens is 286 g/mol. The fraction of sp³-hybridized carbons (Fsp3) is 0.643. The highest BCUT2D eigenvalue weighted by Gasteiger charge is 2.35. The molecule has 0 saturated carbocycles. The van der Waals surface area contributed by atoms with Crippen molar-refractivity contribution in [2.75, 3.05) is 19.5 Å². The normalized spacial score (nSPS) is 25.0. The summed E-state index contributed by atoms with van der Waals surface area (Å²) in [6.45, 7) is 2.24. The van der Waals surface area contributed by atoms with E-state index in [1.807, 2.05) is 4.57 Å². The highest BCUT2D eigenvalue weighted by atomic mass is 16.5. The second-order valence-electron chi connectivity index (χ2n) is 5.61. The Bertz CT molecular complexity index is 659. The van der Waals surface area contributed by atoms with E-state index in [1.54, 1.807) is 6.33 Å². The fourth-order valence-corrected chi connectivity index (χ4v) is 3.09. The van der Waals surface area contributed by atoms with Crippen molar-refractivity contribution in [2.45, 2.75) is 38.5 Å². The van der Waals surface area contributed by atoms with Gasteiger partial charge < -0.3 is 20.3 Å². The molecule has 0 aromatic carbocycles. The third-order valence-corrected chi connectivity index (χ3v) is 4.02. The van der Waals surface area contributed by atoms with E-state index in [1.165, 1.54) is 7.11 Å². The zero-order valence-corrected chi connectivity index (χ0v) is 12.8. The molecule has 3 unspecified atom stereocenters. The first kappa shape index (κ1) is 15.0. The molecule has 0 amide bonds. The summed E-state index contributed by atoms with van der Waals surface area (Å²) < 4.78 is 13.1. The van der Waals surface area contributed by atoms with Crippen LogP contribution in [0.15, 0.2) is 6.33 Å². The smallest absolute Gasteiger partial charge is 0.246 e. The maximum absolute atomic E-state index is 9.07. The van der Waals surface area contributed by atoms with Gasteiger partial charge in [-0.1, -0.05) is 0 Å². The number of imidazole rings is 1. The Kier molecular flexibility index (Phi) is 4.12. The molecule has 1 aliphatic heterocycles. The molecule has 3 N–H and O–H groups in total. The molecule has 3 heterocycles. The number of rotatable bonds is 5. The van der Waals surface area contributed by atoms with Gasteiger partial charge in [0.05, 0.1) is 19.5 Å². The summed E-state index contributed by atoms with van der Waals surface area (Å²) in [5, 5.41) is 9.07. The second-order valence-corrected chi connectivity index (χ2v) is 5.61. The highest BCUT2D eigenvalue weighted by molar-refractivity contribution is 5.77. The summed E-state index contributed by atoms with van der Waals surface area (Å²) in [7, 11) is 1.53. The number of anilines is 1. The first-order valence-electron chi connectivity index (χ1n) is 7.44. The number of aromatic nitrogens is 4. The lowest BCUT2D eigenvalue weighted by Crippen LogP contribution is -2.16. The Balaban J connectivity index is 2.00. The zero-order valence-electron chi connectivity index (χ0n) is 12.8. The van der Waals surface area contributed by atoms with Crippen LogP contribution >= 0.6 is 0 Å². The van der Waals surface area contributed by atoms with Crippen molar-refractivity contribution < 1.29 is 14.6 Å². The Morgan fingerprint density at radius 1 is 1.50 bits per heavy atom. The Morgan fingerprint density at radius 2 is 2.32 bits per heavy atom. The number of nitrogens with zero attached hydrogens (tertiary/aromatic N) is 4. The minimum atomic E-state index is -0.162. The van der Waals surface area contributed by atoms with E-state index < -0.39 is 0 Å². The summed E-state index contributed by atoms with van der Waals surface area (Å²) in [6, 6.07) is 0. The number of hydrogen-bond donors (Lipinski definition) is 2. The number of ether oxygens (including phenoxy) is 2. The monoisotopic (exact) mass is 307 g/mol. The van der Waals surface area contributed by atoms with Crippen LogP contribution in [-0.2, 0) is 4.74 Å². The molecule has 8 heteroatoms. The number of aliphatic hydroxyl groups excluding tert-OH is 1. The summed E-state index contributed by atoms with van der Waals surface area (Å²) in [4.78, 5) is 12.7. The third kappa shape index (κ3) is 2.59. The molecule has 1 fully saturated rings. The Labute approximate surface area is 128 Å². The van der Waals surface area contributed by atoms with Gasteiger partial charge in [-0.15, -0.1) is 0 Å². The van der Waals surface area contributed by atoms with Gasteiger partial charge >= 0.3 is 0 Å². The quantitative estimate of drug-likeness (QED) is 0.851. The molecule has 0 spiro atoms. The first-order chi connectivity index (χ1) is 10.6. The second kappa shape index (κ2) is 6.05. The topological polar surface area (TPSA) is 108 Å². The van der Waals surface area contributed by atoms with Crippen molar-refractivity contribution in [3.05, 3.63) is 6.33 Å². The van der Waals surface area contributed by atoms with Crippen LogP contribution in [0.4, 0.5) is 5.95 Å². The van der Waals surface area contributed by atoms with Crippen LogP contribution in [-0.4, -0.2) is 44.4 Å². The summed E-state index contributed by atoms with van der Waals surface area (Å²) in [5.74, 6) is 0.810. The third-order valence-electron chi connectivity index (χ3n) is 4.02. The number of hydrogen-bond acceptors (Lipinski definition) is 7. The maximum atomic E-state index is 9.07. The lowest BCUT2D eigenvalue weighted by molar-refractivity contribution is -0.00466. The van der Waals surface area contributed by atoms with E-state index >= 15 is 0 Å². The number of fused-ring (bicyclic) bond motifs is 1. The molecule has 1 aliphatic rings. The standard InChI is InChI=1S/C14H21N5O3/c1-8-6-9(4-3-5-20)13(22-8)19-7-16-10-11(19)17-14(15)18-12(10)21-2/h7-9,13,20H,3-6H2,1-2H3,(H2,15,17,18). The van der Waals surface area contributed by atoms with Gasteiger partial charge in [0.2, 0.25) is 11.8 Å². The van der Waals surface area contributed by atoms with Gasteiger partial charge in [-0.25, -0.2) is 4.98 Å². The number of methoxy groups -OCH3 is 1. The minimum absolute atomic E-state index is 0.143. The average Bonchev–Trinajstić information content (AvgIpc) is 3.07. The largest absolute Gasteiger partial charge is 0.479 e. The van der Waals surface area contributed by atoms with Gasteiger partial charge in [0.15, 0.2) is 11.2 Å². The van der Waals surface area contributed by atoms with Gasteiger partial charge in [0.1, 0.15) is 6.23 Å². The molecule has 2 aromatic heterocycles. The van der Waals surface area contributed by atoms with Crippen LogP contribution in [0, 0.1) is 5.92 Å². The maximum Gasteiger partial charge on any atom is 0.246 e. The molecule has 8 nitrogen and oxygen atoms in total. The lowest BCUT2D eigenvalue weighted by Gasteiger charge is -2.20. The van der Waals surface area contributed by atoms with Crippen molar-refractivity contribution in [3.63, 3.8) is 0 Å². The SMILES string of the molecule is COc1nc(N)nc2c1ncn2C1OC(C)CC1CCCO. The van der Waals surface area contributed by atoms with Crippen molar-refractivity contribution in [3.8, 4) is 5.88 Å². The van der Waals surface area contributed by atoms with Crippen LogP contribution in [0.25, 0.3) is 11.2 Å². The number of nitrogen functional groups attached to an aromatic ring is 1. The van der Waals surface area contributed by atoms with Gasteiger partial charge in [0, 0.05) is 12.5 Å². The molecule has 1 saturated heterocycles. The number of aliphatic hydroxyl groups is 1. The molecular formula is C14H21N5O3. The van der Waals surface area contributed by atoms with Crippen molar-refractivity contribution >= 4 is 17.1 Å². The zero-order chi connectivity index (χ0) is 15.7. The lowest BCUT2D eigenvalue weighted by atomic mass is 9.98. The molecule has 0 radical (unpaired) electrons. The average molecular weight is 307 g/mol. The van der Waals surface area contributed by atoms with Crippen molar-refractivity contribution in [1.82, 2.24) is 19.5 Å². The van der Waals surface area contributed by atoms with Crippen molar-refractivity contribution in [1.29, 1.82) is 0 Å². The van der Waals surface area contributed by atoms with Gasteiger partial charge in [-0.3, -0.25) is 4.57 Å². The van der Waals surface area contributed by atoms with E-state index in [-0.39, 0.29) is 24.9 Å². The molecule has 0 aliphatic carbocycles. The fourth-order valence-electron chi connectivity index (χ4n) is 3.09. The minimum Gasteiger partial charge on any atom is -0.479 e. The van der Waals surface area contributed by atoms with Crippen molar-refractivity contribution in [2.24, 2.45) is 5.92 Å². The molecule has 3 rings (SSSR count). The van der Waals surface area contributed by atoms with E-state index in [9.17, 15) is 0 Å². The predicted octanol–water partition coefficient (Wildman–Crippen LogP) is 1.11. The predicted molar refractivity (Wildman–Crippen MR) is 80.3 cm³/mol. The Morgan fingerprint density at radius 3 is 3.05 bits per heavy atom. The highest BCUT2D eigenvalue weighted by Crippen LogP contribution is 2.39. The molecule has 22 heavy (non-hydrogen) atoms. The van der Waals surface area contributed by atoms with Gasteiger partial charge in [0.25, 0.3) is 0 Å². The molecule has 2 aromatic rings. The Hall–Kier alpha value is -1.93. The molecule has 120 valence electrons. The van der Waals surface area contributed by atoms with Crippen LogP contribution in [0.3, 0.4) is 0 Å². The molecule has 0 bridgehead atoms. The van der Waals surface area contributed by atoms with Crippen LogP contribution in [0.5, 0.6) is 5.88 Å².